The molecule has 146 valence electrons. The fourth-order valence-electron chi connectivity index (χ4n) is 4.23. The summed E-state index contributed by atoms with van der Waals surface area (Å²) < 4.78 is 30.6. The van der Waals surface area contributed by atoms with Crippen molar-refractivity contribution in [2.45, 2.75) is 128 Å². The Morgan fingerprint density at radius 2 is 1.20 bits per heavy atom. The summed E-state index contributed by atoms with van der Waals surface area (Å²) in [6.45, 7) is 10.0. The zero-order valence-corrected chi connectivity index (χ0v) is 16.6. The molecule has 25 heavy (non-hydrogen) atoms. The topological polar surface area (TPSA) is 46.2 Å². The zero-order valence-electron chi connectivity index (χ0n) is 16.6. The van der Waals surface area contributed by atoms with Crippen LogP contribution in [0.2, 0.25) is 0 Å². The lowest BCUT2D eigenvalue weighted by atomic mass is 9.95. The highest BCUT2D eigenvalue weighted by atomic mass is 16.9. The Labute approximate surface area is 152 Å². The average Bonchev–Trinajstić information content (AvgIpc) is 3.00. The first-order valence-corrected chi connectivity index (χ1v) is 10.2. The second kappa shape index (κ2) is 7.81. The van der Waals surface area contributed by atoms with Crippen LogP contribution < -0.4 is 0 Å². The molecule has 3 saturated heterocycles. The van der Waals surface area contributed by atoms with Gasteiger partial charge in [0.1, 0.15) is 18.3 Å². The smallest absolute Gasteiger partial charge is 0.190 e. The fraction of sp³-hybridized carbons (Fsp3) is 1.00. The van der Waals surface area contributed by atoms with Crippen LogP contribution in [-0.4, -0.2) is 42.3 Å². The molecule has 3 aliphatic rings. The van der Waals surface area contributed by atoms with Crippen molar-refractivity contribution in [3.05, 3.63) is 0 Å². The standard InChI is InChI=1S/C20H36O5/c1-6-7-8-9-10-11-12-13-14-15-16(23-19(2,3)22-15)17-18(21-14)25-20(4,5)24-17/h14-18H,6-13H2,1-5H3/t14-,15+,16+,17-,18-/m1/s1. The van der Waals surface area contributed by atoms with Crippen LogP contribution in [0.5, 0.6) is 0 Å². The molecule has 0 aliphatic carbocycles. The van der Waals surface area contributed by atoms with Gasteiger partial charge in [-0.25, -0.2) is 0 Å². The third-order valence-electron chi connectivity index (χ3n) is 5.34. The highest BCUT2D eigenvalue weighted by molar-refractivity contribution is 4.99. The van der Waals surface area contributed by atoms with Crippen LogP contribution in [0.3, 0.4) is 0 Å². The van der Waals surface area contributed by atoms with E-state index in [1.807, 2.05) is 27.7 Å². The van der Waals surface area contributed by atoms with Gasteiger partial charge in [0.25, 0.3) is 0 Å². The Bertz CT molecular complexity index is 436. The van der Waals surface area contributed by atoms with Crippen LogP contribution in [0.15, 0.2) is 0 Å². The van der Waals surface area contributed by atoms with Gasteiger partial charge >= 0.3 is 0 Å². The lowest BCUT2D eigenvalue weighted by molar-refractivity contribution is -0.235. The first kappa shape index (κ1) is 19.6. The molecule has 0 aromatic carbocycles. The lowest BCUT2D eigenvalue weighted by Gasteiger charge is -2.37. The van der Waals surface area contributed by atoms with E-state index in [0.29, 0.717) is 0 Å². The minimum atomic E-state index is -0.635. The normalized spacial score (nSPS) is 38.5. The van der Waals surface area contributed by atoms with Gasteiger partial charge in [-0.3, -0.25) is 0 Å². The van der Waals surface area contributed by atoms with Gasteiger partial charge in [0.15, 0.2) is 17.9 Å². The van der Waals surface area contributed by atoms with E-state index in [1.165, 1.54) is 38.5 Å². The van der Waals surface area contributed by atoms with Gasteiger partial charge in [0.05, 0.1) is 6.10 Å². The van der Waals surface area contributed by atoms with E-state index in [4.69, 9.17) is 23.7 Å². The quantitative estimate of drug-likeness (QED) is 0.598. The van der Waals surface area contributed by atoms with Gasteiger partial charge in [0, 0.05) is 0 Å². The molecule has 0 saturated carbocycles. The van der Waals surface area contributed by atoms with E-state index in [0.717, 1.165) is 12.8 Å². The molecule has 0 unspecified atom stereocenters. The molecule has 0 N–H and O–H groups in total. The van der Waals surface area contributed by atoms with Gasteiger partial charge < -0.3 is 23.7 Å². The van der Waals surface area contributed by atoms with Crippen molar-refractivity contribution in [1.29, 1.82) is 0 Å². The Balaban J connectivity index is 1.53. The first-order valence-electron chi connectivity index (χ1n) is 10.2. The molecule has 0 amide bonds. The van der Waals surface area contributed by atoms with Gasteiger partial charge in [-0.2, -0.15) is 0 Å². The predicted molar refractivity (Wildman–Crippen MR) is 95.1 cm³/mol. The number of rotatable bonds is 8. The summed E-state index contributed by atoms with van der Waals surface area (Å²) in [5.74, 6) is -1.23. The molecule has 0 bridgehead atoms. The minimum Gasteiger partial charge on any atom is -0.344 e. The van der Waals surface area contributed by atoms with Crippen LogP contribution in [0.25, 0.3) is 0 Å². The number of ether oxygens (including phenoxy) is 5. The molecule has 5 atom stereocenters. The van der Waals surface area contributed by atoms with E-state index >= 15 is 0 Å². The van der Waals surface area contributed by atoms with Crippen molar-refractivity contribution in [3.63, 3.8) is 0 Å². The molecule has 0 spiro atoms. The highest BCUT2D eigenvalue weighted by Gasteiger charge is 2.60. The Morgan fingerprint density at radius 3 is 1.92 bits per heavy atom. The van der Waals surface area contributed by atoms with E-state index in [9.17, 15) is 0 Å². The van der Waals surface area contributed by atoms with Crippen LogP contribution >= 0.6 is 0 Å². The molecule has 3 rings (SSSR count). The van der Waals surface area contributed by atoms with Crippen molar-refractivity contribution in [2.24, 2.45) is 0 Å². The maximum absolute atomic E-state index is 6.25. The third kappa shape index (κ3) is 4.75. The van der Waals surface area contributed by atoms with E-state index in [1.54, 1.807) is 0 Å². The van der Waals surface area contributed by atoms with Crippen molar-refractivity contribution >= 4 is 0 Å². The lowest BCUT2D eigenvalue weighted by Crippen LogP contribution is -2.54. The first-order chi connectivity index (χ1) is 11.8. The van der Waals surface area contributed by atoms with E-state index in [2.05, 4.69) is 6.92 Å². The zero-order chi connectivity index (χ0) is 18.1. The molecule has 0 aromatic rings. The van der Waals surface area contributed by atoms with Crippen LogP contribution in [0.1, 0.15) is 86.0 Å². The molecule has 3 aliphatic heterocycles. The second-order valence-electron chi connectivity index (χ2n) is 8.62. The third-order valence-corrected chi connectivity index (χ3v) is 5.34. The Morgan fingerprint density at radius 1 is 0.640 bits per heavy atom. The summed E-state index contributed by atoms with van der Waals surface area (Å²) in [4.78, 5) is 0. The van der Waals surface area contributed by atoms with Crippen LogP contribution in [-0.2, 0) is 23.7 Å². The summed E-state index contributed by atoms with van der Waals surface area (Å²) in [6.07, 6.45) is 9.30. The maximum Gasteiger partial charge on any atom is 0.190 e. The molecule has 3 heterocycles. The van der Waals surface area contributed by atoms with Gasteiger partial charge in [-0.05, 0) is 34.1 Å². The number of hydrogen-bond donors (Lipinski definition) is 0. The summed E-state index contributed by atoms with van der Waals surface area (Å²) in [7, 11) is 0. The number of hydrogen-bond acceptors (Lipinski definition) is 5. The molecular formula is C20H36O5. The van der Waals surface area contributed by atoms with Crippen LogP contribution in [0.4, 0.5) is 0 Å². The van der Waals surface area contributed by atoms with E-state index < -0.39 is 11.6 Å². The summed E-state index contributed by atoms with van der Waals surface area (Å²) in [5.41, 5.74) is 0. The van der Waals surface area contributed by atoms with Gasteiger partial charge in [-0.15, -0.1) is 0 Å². The minimum absolute atomic E-state index is 0.0150. The molecule has 5 nitrogen and oxygen atoms in total. The fourth-order valence-corrected chi connectivity index (χ4v) is 4.23. The van der Waals surface area contributed by atoms with Crippen LogP contribution in [0, 0.1) is 0 Å². The maximum atomic E-state index is 6.25. The van der Waals surface area contributed by atoms with E-state index in [-0.39, 0.29) is 30.7 Å². The molecule has 0 radical (unpaired) electrons. The second-order valence-corrected chi connectivity index (χ2v) is 8.62. The Kier molecular flexibility index (Phi) is 6.11. The molecule has 3 fully saturated rings. The van der Waals surface area contributed by atoms with Crippen molar-refractivity contribution in [1.82, 2.24) is 0 Å². The molecule has 5 heteroatoms. The molecule has 0 aromatic heterocycles. The van der Waals surface area contributed by atoms with Gasteiger partial charge in [0.2, 0.25) is 0 Å². The SMILES string of the molecule is CCCCCCCCC[C@H]1O[C@@H]2OC(C)(C)O[C@@H]2[C@H]2OC(C)(C)O[C@H]21. The summed E-state index contributed by atoms with van der Waals surface area (Å²) in [6, 6.07) is 0. The van der Waals surface area contributed by atoms with Crippen molar-refractivity contribution in [2.75, 3.05) is 0 Å². The largest absolute Gasteiger partial charge is 0.344 e. The number of unbranched alkanes of at least 4 members (excludes halogenated alkanes) is 6. The Hall–Kier alpha value is -0.200. The average molecular weight is 357 g/mol. The van der Waals surface area contributed by atoms with Crippen molar-refractivity contribution in [3.8, 4) is 0 Å². The predicted octanol–water partition coefficient (Wildman–Crippen LogP) is 4.52. The highest BCUT2D eigenvalue weighted by Crippen LogP contribution is 2.44. The summed E-state index contributed by atoms with van der Waals surface area (Å²) in [5, 5.41) is 0. The summed E-state index contributed by atoms with van der Waals surface area (Å²) >= 11 is 0. The molecular weight excluding hydrogens is 320 g/mol. The van der Waals surface area contributed by atoms with Gasteiger partial charge in [-0.1, -0.05) is 51.9 Å². The number of fused-ring (bicyclic) bond motifs is 3. The van der Waals surface area contributed by atoms with Crippen molar-refractivity contribution < 1.29 is 23.7 Å². The monoisotopic (exact) mass is 356 g/mol.